The predicted molar refractivity (Wildman–Crippen MR) is 292 cm³/mol. The number of carbonyl (C=O) groups is 1. The van der Waals surface area contributed by atoms with Gasteiger partial charge < -0.3 is 4.74 Å². The van der Waals surface area contributed by atoms with E-state index in [0.717, 1.165) is 0 Å². The molecule has 29 aromatic rings. The van der Waals surface area contributed by atoms with E-state index in [1.807, 2.05) is 0 Å². The van der Waals surface area contributed by atoms with Gasteiger partial charge in [-0.05, 0) is 331 Å². The molecule has 0 unspecified atom stereocenters. The number of carbonyl (C=O) groups excluding carboxylic acids is 1. The highest BCUT2D eigenvalue weighted by Crippen LogP contribution is 2.84. The molecule has 0 atom stereocenters. The Kier molecular flexibility index (Phi) is 2.21. The van der Waals surface area contributed by atoms with Crippen LogP contribution in [0.1, 0.15) is 44.1 Å². The van der Waals surface area contributed by atoms with Crippen molar-refractivity contribution in [2.24, 2.45) is 0 Å². The van der Waals surface area contributed by atoms with Crippen LogP contribution in [0, 0.1) is 0 Å². The Bertz CT molecular complexity index is 7170. The summed E-state index contributed by atoms with van der Waals surface area (Å²) in [5.41, 5.74) is 8.09. The second-order valence-electron chi connectivity index (χ2n) is 25.1. The molecule has 0 bridgehead atoms. The number of hydrogen-bond acceptors (Lipinski definition) is 2. The minimum absolute atomic E-state index is 0.127. The zero-order valence-electron chi connectivity index (χ0n) is 35.7. The van der Waals surface area contributed by atoms with Gasteiger partial charge in [-0.3, -0.25) is 0 Å². The SMILES string of the molecule is COC(=O)c1ccc(C23c4c5c6c7c8c9c(c%10c%11c2c2c4c4c%12c5c5c6c6c8c8c%13c9c9c%10c%10c%11c%11c2c2c4c4c%12c%12c5c5c6c8c6c8c%13c9c9c%10c%10c%11c2c2c4c4c%12c5c6c5c8c9c%10c2c45)C73)cc1. The van der Waals surface area contributed by atoms with Gasteiger partial charge in [0.15, 0.2) is 0 Å². The lowest BCUT2D eigenvalue weighted by atomic mass is 9.55. The van der Waals surface area contributed by atoms with Gasteiger partial charge in [0, 0.05) is 5.92 Å². The van der Waals surface area contributed by atoms with E-state index >= 15 is 0 Å². The number of rotatable bonds is 2. The van der Waals surface area contributed by atoms with Gasteiger partial charge in [-0.1, -0.05) is 12.1 Å². The van der Waals surface area contributed by atoms with Crippen molar-refractivity contribution in [3.05, 3.63) is 57.6 Å². The Morgan fingerprint density at radius 1 is 0.286 bits per heavy atom. The molecule has 0 saturated heterocycles. The van der Waals surface area contributed by atoms with E-state index in [4.69, 9.17) is 4.74 Å². The summed E-state index contributed by atoms with van der Waals surface area (Å²) in [6.07, 6.45) is 0. The van der Waals surface area contributed by atoms with Gasteiger partial charge in [0.2, 0.25) is 0 Å². The predicted octanol–water partition coefficient (Wildman–Crippen LogP) is 18.0. The number of hydrogen-bond donors (Lipinski definition) is 0. The second kappa shape index (κ2) is 5.94. The van der Waals surface area contributed by atoms with Crippen molar-refractivity contribution in [2.75, 3.05) is 7.11 Å². The fraction of sp³-hybridized carbons (Fsp3) is 0.0441. The molecule has 4 aliphatic carbocycles. The Labute approximate surface area is 380 Å². The van der Waals surface area contributed by atoms with Crippen molar-refractivity contribution >= 4 is 297 Å². The van der Waals surface area contributed by atoms with Crippen LogP contribution in [-0.2, 0) is 10.2 Å². The molecule has 2 nitrogen and oxygen atoms in total. The van der Waals surface area contributed by atoms with Gasteiger partial charge in [0.25, 0.3) is 0 Å². The van der Waals surface area contributed by atoms with Crippen LogP contribution in [-0.4, -0.2) is 13.1 Å². The molecule has 0 spiro atoms. The van der Waals surface area contributed by atoms with Crippen molar-refractivity contribution in [2.45, 2.75) is 11.3 Å². The smallest absolute Gasteiger partial charge is 0.337 e. The van der Waals surface area contributed by atoms with Crippen LogP contribution in [0.15, 0.2) is 24.3 Å². The standard InChI is InChI=1S/C68H8O2/c1-70-67(69)6-2-4-7(5-3-6)68-64-60-54-40-32-24-12-9-8-10-13(12)25-27-23-17(10)19-15-11(8)14-18-16(9)22-26(24)38(40)46-44-30(22)28(18)36-34-20(14)21(15)35-37-29(19)31(23)45-47-39(27)41(33(25)32)55(54)61(64)57(47)59-51(45)49(37)53-43(35)42(34)52-48(36)50(44)58(56(46)60)65(68)62(52)63(53)66(59)68/h2-5,64H,1H3. The normalized spacial score (nSPS) is 20.6. The Hall–Kier alpha value is -8.85. The van der Waals surface area contributed by atoms with Crippen LogP contribution in [0.25, 0.3) is 291 Å². The van der Waals surface area contributed by atoms with Crippen LogP contribution >= 0.6 is 0 Å². The molecule has 4 aliphatic rings. The first-order valence-corrected chi connectivity index (χ1v) is 25.8. The molecule has 292 valence electrons. The summed E-state index contributed by atoms with van der Waals surface area (Å²) in [5.74, 6) is -0.132. The van der Waals surface area contributed by atoms with Gasteiger partial charge in [-0.2, -0.15) is 0 Å². The van der Waals surface area contributed by atoms with Crippen LogP contribution in [0.2, 0.25) is 0 Å². The lowest BCUT2D eigenvalue weighted by Crippen LogP contribution is -2.38. The van der Waals surface area contributed by atoms with Crippen molar-refractivity contribution in [3.8, 4) is 0 Å². The average molecular weight is 857 g/mol. The van der Waals surface area contributed by atoms with Crippen LogP contribution in [0.5, 0.6) is 0 Å². The number of benzene rings is 19. The zero-order valence-corrected chi connectivity index (χ0v) is 35.7. The summed E-state index contributed by atoms with van der Waals surface area (Å²) in [7, 11) is 1.52. The van der Waals surface area contributed by atoms with Crippen LogP contribution < -0.4 is 0 Å². The molecule has 0 N–H and O–H groups in total. The van der Waals surface area contributed by atoms with Crippen molar-refractivity contribution in [1.29, 1.82) is 0 Å². The summed E-state index contributed by atoms with van der Waals surface area (Å²) in [6, 6.07) is 9.04. The summed E-state index contributed by atoms with van der Waals surface area (Å²) >= 11 is 0. The minimum Gasteiger partial charge on any atom is -0.465 e. The monoisotopic (exact) mass is 856 g/mol. The molecule has 0 fully saturated rings. The maximum absolute atomic E-state index is 13.4. The van der Waals surface area contributed by atoms with E-state index in [2.05, 4.69) is 24.3 Å². The lowest BCUT2D eigenvalue weighted by Gasteiger charge is -2.46. The number of ether oxygens (including phenoxy) is 1. The molecule has 2 heteroatoms. The topological polar surface area (TPSA) is 26.3 Å². The molecule has 33 rings (SSSR count). The first-order valence-electron chi connectivity index (χ1n) is 25.8. The average Bonchev–Trinajstić information content (AvgIpc) is 4.41. The highest BCUT2D eigenvalue weighted by Gasteiger charge is 2.63. The molecule has 70 heavy (non-hydrogen) atoms. The molecule has 0 aliphatic heterocycles. The first kappa shape index (κ1) is 26.1. The van der Waals surface area contributed by atoms with E-state index in [0.29, 0.717) is 5.56 Å². The molecule has 29 aromatic carbocycles. The van der Waals surface area contributed by atoms with Gasteiger partial charge in [-0.25, -0.2) is 4.79 Å². The van der Waals surface area contributed by atoms with Gasteiger partial charge >= 0.3 is 5.97 Å². The van der Waals surface area contributed by atoms with Gasteiger partial charge in [0.05, 0.1) is 18.1 Å². The molecular formula is C68H8O2. The fourth-order valence-electron chi connectivity index (χ4n) is 24.6. The lowest BCUT2D eigenvalue weighted by molar-refractivity contribution is 0.0600. The quantitative estimate of drug-likeness (QED) is 0.128. The molecular weight excluding hydrogens is 849 g/mol. The Morgan fingerprint density at radius 2 is 0.471 bits per heavy atom. The van der Waals surface area contributed by atoms with E-state index in [-0.39, 0.29) is 11.9 Å². The maximum atomic E-state index is 13.4. The minimum atomic E-state index is -0.472. The third-order valence-electron chi connectivity index (χ3n) is 24.9. The third kappa shape index (κ3) is 1.39. The van der Waals surface area contributed by atoms with E-state index in [1.165, 1.54) is 12.7 Å². The maximum Gasteiger partial charge on any atom is 0.337 e. The molecule has 0 saturated carbocycles. The zero-order chi connectivity index (χ0) is 41.8. The van der Waals surface area contributed by atoms with E-state index in [9.17, 15) is 4.79 Å². The molecule has 0 amide bonds. The summed E-state index contributed by atoms with van der Waals surface area (Å²) in [6.45, 7) is 0. The summed E-state index contributed by atoms with van der Waals surface area (Å²) < 4.78 is 5.42. The fourth-order valence-corrected chi connectivity index (χ4v) is 24.6. The van der Waals surface area contributed by atoms with Crippen molar-refractivity contribution in [1.82, 2.24) is 0 Å². The Balaban J connectivity index is 1.17. The van der Waals surface area contributed by atoms with Gasteiger partial charge in [-0.15, -0.1) is 0 Å². The van der Waals surface area contributed by atoms with Crippen LogP contribution in [0.3, 0.4) is 0 Å². The highest BCUT2D eigenvalue weighted by atomic mass is 16.5. The molecule has 0 aromatic heterocycles. The van der Waals surface area contributed by atoms with Crippen molar-refractivity contribution in [3.63, 3.8) is 0 Å². The highest BCUT2D eigenvalue weighted by molar-refractivity contribution is 6.82. The van der Waals surface area contributed by atoms with Crippen molar-refractivity contribution < 1.29 is 9.53 Å². The molecule has 0 radical (unpaired) electrons. The number of esters is 1. The summed E-state index contributed by atoms with van der Waals surface area (Å²) in [4.78, 5) is 13.4. The largest absolute Gasteiger partial charge is 0.465 e. The number of methoxy groups -OCH3 is 1. The van der Waals surface area contributed by atoms with E-state index in [1.54, 1.807) is 313 Å². The van der Waals surface area contributed by atoms with E-state index < -0.39 is 5.41 Å². The summed E-state index contributed by atoms with van der Waals surface area (Å²) in [5, 5.41) is 87.4. The second-order valence-corrected chi connectivity index (χ2v) is 25.1. The van der Waals surface area contributed by atoms with Gasteiger partial charge in [0.1, 0.15) is 0 Å². The molecule has 0 heterocycles. The first-order chi connectivity index (χ1) is 34.8. The Morgan fingerprint density at radius 3 is 0.700 bits per heavy atom. The third-order valence-corrected chi connectivity index (χ3v) is 24.9. The van der Waals surface area contributed by atoms with Crippen LogP contribution in [0.4, 0.5) is 0 Å².